The van der Waals surface area contributed by atoms with Crippen molar-refractivity contribution in [2.75, 3.05) is 13.1 Å². The van der Waals surface area contributed by atoms with E-state index in [1.54, 1.807) is 6.07 Å². The highest BCUT2D eigenvalue weighted by molar-refractivity contribution is 9.10. The van der Waals surface area contributed by atoms with Gasteiger partial charge in [0, 0.05) is 25.9 Å². The van der Waals surface area contributed by atoms with E-state index >= 15 is 0 Å². The number of carbonyl (C=O) groups excluding carboxylic acids is 1. The van der Waals surface area contributed by atoms with Gasteiger partial charge < -0.3 is 15.1 Å². The van der Waals surface area contributed by atoms with Crippen LogP contribution in [0.15, 0.2) is 22.7 Å². The van der Waals surface area contributed by atoms with Gasteiger partial charge in [0.1, 0.15) is 5.82 Å². The zero-order chi connectivity index (χ0) is 15.6. The number of hydrogen-bond acceptors (Lipinski definition) is 3. The van der Waals surface area contributed by atoms with Crippen LogP contribution < -0.4 is 0 Å². The van der Waals surface area contributed by atoms with E-state index in [9.17, 15) is 19.1 Å². The molecular formula is C14H15BrFNO4. The Morgan fingerprint density at radius 3 is 2.48 bits per heavy atom. The standard InChI is InChI=1S/C14H15BrFNO4/c15-10-7-9(1-2-11(10)16)8-12(18)17-5-3-14(21,4-6-17)13(19)20/h1-2,7,21H,3-6,8H2,(H,19,20). The molecular weight excluding hydrogens is 345 g/mol. The summed E-state index contributed by atoms with van der Waals surface area (Å²) in [6, 6.07) is 4.37. The summed E-state index contributed by atoms with van der Waals surface area (Å²) >= 11 is 3.06. The van der Waals surface area contributed by atoms with E-state index in [4.69, 9.17) is 5.11 Å². The lowest BCUT2D eigenvalue weighted by atomic mass is 9.91. The summed E-state index contributed by atoms with van der Waals surface area (Å²) in [7, 11) is 0. The van der Waals surface area contributed by atoms with Crippen molar-refractivity contribution < 1.29 is 24.2 Å². The molecule has 1 heterocycles. The second-order valence-electron chi connectivity index (χ2n) is 5.14. The fourth-order valence-corrected chi connectivity index (χ4v) is 2.70. The number of piperidine rings is 1. The third kappa shape index (κ3) is 3.59. The molecule has 2 rings (SSSR count). The van der Waals surface area contributed by atoms with E-state index < -0.39 is 17.4 Å². The molecule has 0 atom stereocenters. The Hall–Kier alpha value is -1.47. The molecule has 5 nitrogen and oxygen atoms in total. The average molecular weight is 360 g/mol. The number of carboxylic acids is 1. The lowest BCUT2D eigenvalue weighted by molar-refractivity contribution is -0.165. The molecule has 2 N–H and O–H groups in total. The first-order valence-corrected chi connectivity index (χ1v) is 7.28. The van der Waals surface area contributed by atoms with E-state index in [-0.39, 0.29) is 38.3 Å². The van der Waals surface area contributed by atoms with E-state index in [1.165, 1.54) is 17.0 Å². The number of benzene rings is 1. The van der Waals surface area contributed by atoms with Gasteiger partial charge in [0.15, 0.2) is 5.60 Å². The van der Waals surface area contributed by atoms with Crippen LogP contribution in [0.25, 0.3) is 0 Å². The third-order valence-corrected chi connectivity index (χ3v) is 4.29. The molecule has 1 amide bonds. The molecule has 1 fully saturated rings. The Balaban J connectivity index is 1.96. The first-order chi connectivity index (χ1) is 9.82. The number of carboxylic acid groups (broad SMARTS) is 1. The molecule has 0 spiro atoms. The molecule has 1 saturated heterocycles. The van der Waals surface area contributed by atoms with Crippen LogP contribution in [0.4, 0.5) is 4.39 Å². The molecule has 0 bridgehead atoms. The summed E-state index contributed by atoms with van der Waals surface area (Å²) in [5.41, 5.74) is -1.07. The summed E-state index contributed by atoms with van der Waals surface area (Å²) in [6.45, 7) is 0.397. The highest BCUT2D eigenvalue weighted by Gasteiger charge is 2.40. The van der Waals surface area contributed by atoms with E-state index in [0.29, 0.717) is 10.0 Å². The number of amides is 1. The maximum atomic E-state index is 13.1. The molecule has 0 radical (unpaired) electrons. The van der Waals surface area contributed by atoms with Crippen LogP contribution in [0, 0.1) is 5.82 Å². The zero-order valence-electron chi connectivity index (χ0n) is 11.2. The van der Waals surface area contributed by atoms with Gasteiger partial charge >= 0.3 is 5.97 Å². The van der Waals surface area contributed by atoms with Crippen LogP contribution in [0.3, 0.4) is 0 Å². The summed E-state index contributed by atoms with van der Waals surface area (Å²) in [6.07, 6.45) is 0.146. The highest BCUT2D eigenvalue weighted by Crippen LogP contribution is 2.23. The lowest BCUT2D eigenvalue weighted by Crippen LogP contribution is -2.51. The van der Waals surface area contributed by atoms with Crippen LogP contribution in [0.5, 0.6) is 0 Å². The molecule has 1 aromatic carbocycles. The van der Waals surface area contributed by atoms with Crippen LogP contribution in [-0.4, -0.2) is 45.7 Å². The Morgan fingerprint density at radius 1 is 1.33 bits per heavy atom. The molecule has 1 aliphatic rings. The molecule has 0 saturated carbocycles. The smallest absolute Gasteiger partial charge is 0.335 e. The normalized spacial score (nSPS) is 17.6. The van der Waals surface area contributed by atoms with Gasteiger partial charge in [0.05, 0.1) is 10.9 Å². The van der Waals surface area contributed by atoms with Crippen molar-refractivity contribution in [3.05, 3.63) is 34.1 Å². The number of hydrogen-bond donors (Lipinski definition) is 2. The van der Waals surface area contributed by atoms with Gasteiger partial charge in [-0.3, -0.25) is 4.79 Å². The van der Waals surface area contributed by atoms with Gasteiger partial charge in [0.25, 0.3) is 0 Å². The number of likely N-dealkylation sites (tertiary alicyclic amines) is 1. The van der Waals surface area contributed by atoms with E-state index in [0.717, 1.165) is 0 Å². The predicted octanol–water partition coefficient (Wildman–Crippen LogP) is 1.57. The van der Waals surface area contributed by atoms with Crippen molar-refractivity contribution >= 4 is 27.8 Å². The molecule has 0 aromatic heterocycles. The fourth-order valence-electron chi connectivity index (χ4n) is 2.28. The Bertz CT molecular complexity index is 570. The minimum Gasteiger partial charge on any atom is -0.479 e. The van der Waals surface area contributed by atoms with Crippen molar-refractivity contribution in [2.45, 2.75) is 24.9 Å². The molecule has 0 aliphatic carbocycles. The molecule has 0 unspecified atom stereocenters. The Labute approximate surface area is 129 Å². The van der Waals surface area contributed by atoms with E-state index in [2.05, 4.69) is 15.9 Å². The summed E-state index contributed by atoms with van der Waals surface area (Å²) in [5, 5.41) is 18.7. The largest absolute Gasteiger partial charge is 0.479 e. The Kier molecular flexibility index (Phi) is 4.63. The number of carbonyl (C=O) groups is 2. The summed E-state index contributed by atoms with van der Waals surface area (Å²) in [5.74, 6) is -1.81. The van der Waals surface area contributed by atoms with E-state index in [1.807, 2.05) is 0 Å². The van der Waals surface area contributed by atoms with Gasteiger partial charge in [0.2, 0.25) is 5.91 Å². The number of halogens is 2. The Morgan fingerprint density at radius 2 is 1.95 bits per heavy atom. The van der Waals surface area contributed by atoms with Crippen LogP contribution >= 0.6 is 15.9 Å². The first kappa shape index (κ1) is 15.9. The highest BCUT2D eigenvalue weighted by atomic mass is 79.9. The van der Waals surface area contributed by atoms with Crippen molar-refractivity contribution in [3.8, 4) is 0 Å². The number of rotatable bonds is 3. The first-order valence-electron chi connectivity index (χ1n) is 6.49. The van der Waals surface area contributed by atoms with Gasteiger partial charge in [-0.15, -0.1) is 0 Å². The van der Waals surface area contributed by atoms with Gasteiger partial charge in [-0.25, -0.2) is 9.18 Å². The summed E-state index contributed by atoms with van der Waals surface area (Å²) in [4.78, 5) is 24.6. The number of aliphatic hydroxyl groups is 1. The maximum Gasteiger partial charge on any atom is 0.335 e. The topological polar surface area (TPSA) is 77.8 Å². The molecule has 114 valence electrons. The minimum atomic E-state index is -1.74. The monoisotopic (exact) mass is 359 g/mol. The minimum absolute atomic E-state index is 0.0151. The molecule has 1 aromatic rings. The lowest BCUT2D eigenvalue weighted by Gasteiger charge is -2.35. The van der Waals surface area contributed by atoms with Crippen LogP contribution in [0.2, 0.25) is 0 Å². The molecule has 1 aliphatic heterocycles. The number of aliphatic carboxylic acids is 1. The fraction of sp³-hybridized carbons (Fsp3) is 0.429. The third-order valence-electron chi connectivity index (χ3n) is 3.68. The van der Waals surface area contributed by atoms with Crippen molar-refractivity contribution in [1.82, 2.24) is 4.90 Å². The summed E-state index contributed by atoms with van der Waals surface area (Å²) < 4.78 is 13.4. The van der Waals surface area contributed by atoms with Crippen LogP contribution in [0.1, 0.15) is 18.4 Å². The van der Waals surface area contributed by atoms with Crippen molar-refractivity contribution in [1.29, 1.82) is 0 Å². The second-order valence-corrected chi connectivity index (χ2v) is 6.00. The SMILES string of the molecule is O=C(Cc1ccc(F)c(Br)c1)N1CCC(O)(C(=O)O)CC1. The van der Waals surface area contributed by atoms with Crippen molar-refractivity contribution in [2.24, 2.45) is 0 Å². The maximum absolute atomic E-state index is 13.1. The average Bonchev–Trinajstić information content (AvgIpc) is 2.43. The zero-order valence-corrected chi connectivity index (χ0v) is 12.8. The van der Waals surface area contributed by atoms with Crippen molar-refractivity contribution in [3.63, 3.8) is 0 Å². The van der Waals surface area contributed by atoms with Gasteiger partial charge in [-0.05, 0) is 33.6 Å². The molecule has 7 heteroatoms. The van der Waals surface area contributed by atoms with Gasteiger partial charge in [-0.2, -0.15) is 0 Å². The quantitative estimate of drug-likeness (QED) is 0.858. The second kappa shape index (κ2) is 6.11. The van der Waals surface area contributed by atoms with Gasteiger partial charge in [-0.1, -0.05) is 6.07 Å². The van der Waals surface area contributed by atoms with Crippen LogP contribution in [-0.2, 0) is 16.0 Å². The molecule has 21 heavy (non-hydrogen) atoms. The number of nitrogens with zero attached hydrogens (tertiary/aromatic N) is 1. The predicted molar refractivity (Wildman–Crippen MR) is 76.2 cm³/mol.